The Bertz CT molecular complexity index is 196. The van der Waals surface area contributed by atoms with Crippen molar-refractivity contribution in [1.82, 2.24) is 5.32 Å². The minimum atomic E-state index is -4.38. The van der Waals surface area contributed by atoms with E-state index >= 15 is 0 Å². The van der Waals surface area contributed by atoms with Gasteiger partial charge in [0.1, 0.15) is 6.04 Å². The second kappa shape index (κ2) is 5.14. The van der Waals surface area contributed by atoms with Gasteiger partial charge in [0.15, 0.2) is 0 Å². The molecule has 92 valence electrons. The average Bonchev–Trinajstić information content (AvgIpc) is 2.15. The fraction of sp³-hybridized carbons (Fsp3) is 1.00. The van der Waals surface area contributed by atoms with E-state index in [4.69, 9.17) is 10.8 Å². The summed E-state index contributed by atoms with van der Waals surface area (Å²) in [4.78, 5) is 0. The highest BCUT2D eigenvalue weighted by atomic mass is 19.4. The lowest BCUT2D eigenvalue weighted by Crippen LogP contribution is -2.51. The zero-order valence-corrected chi connectivity index (χ0v) is 8.43. The first kappa shape index (κ1) is 12.7. The highest BCUT2D eigenvalue weighted by Gasteiger charge is 2.40. The topological polar surface area (TPSA) is 58.3 Å². The third kappa shape index (κ3) is 3.96. The van der Waals surface area contributed by atoms with Crippen molar-refractivity contribution >= 4 is 0 Å². The van der Waals surface area contributed by atoms with E-state index in [-0.39, 0.29) is 13.5 Å². The maximum atomic E-state index is 12.3. The van der Waals surface area contributed by atoms with Crippen LogP contribution >= 0.6 is 0 Å². The molecule has 0 bridgehead atoms. The number of rotatable bonds is 3. The molecular weight excluding hydrogens is 209 g/mol. The van der Waals surface area contributed by atoms with Crippen LogP contribution in [0, 0.1) is 0 Å². The molecule has 1 aliphatic rings. The summed E-state index contributed by atoms with van der Waals surface area (Å²) in [5, 5.41) is 11.1. The van der Waals surface area contributed by atoms with Gasteiger partial charge in [-0.2, -0.15) is 13.2 Å². The Hall–Kier alpha value is -0.330. The van der Waals surface area contributed by atoms with Crippen LogP contribution in [0.15, 0.2) is 0 Å². The zero-order chi connectivity index (χ0) is 11.5. The van der Waals surface area contributed by atoms with Gasteiger partial charge in [0.05, 0.1) is 6.61 Å². The van der Waals surface area contributed by atoms with E-state index in [1.165, 1.54) is 0 Å². The Balaban J connectivity index is 0.00000225. The largest absolute Gasteiger partial charge is 0.406 e. The van der Waals surface area contributed by atoms with Crippen molar-refractivity contribution in [2.45, 2.75) is 50.0 Å². The maximum absolute atomic E-state index is 12.3. The van der Waals surface area contributed by atoms with Gasteiger partial charge in [0.2, 0.25) is 0 Å². The molecule has 1 aliphatic carbocycles. The lowest BCUT2D eigenvalue weighted by atomic mass is 9.91. The summed E-state index contributed by atoms with van der Waals surface area (Å²) < 4.78 is 36.9. The quantitative estimate of drug-likeness (QED) is 0.676. The molecule has 0 aromatic heterocycles. The van der Waals surface area contributed by atoms with Crippen LogP contribution in [0.4, 0.5) is 13.2 Å². The van der Waals surface area contributed by atoms with Crippen molar-refractivity contribution in [3.63, 3.8) is 0 Å². The number of aliphatic hydroxyl groups is 1. The van der Waals surface area contributed by atoms with Gasteiger partial charge in [-0.05, 0) is 25.7 Å². The van der Waals surface area contributed by atoms with Gasteiger partial charge >= 0.3 is 6.18 Å². The fourth-order valence-electron chi connectivity index (χ4n) is 1.82. The van der Waals surface area contributed by atoms with E-state index in [9.17, 15) is 13.2 Å². The molecule has 1 rings (SSSR count). The third-order valence-corrected chi connectivity index (χ3v) is 2.79. The van der Waals surface area contributed by atoms with Crippen molar-refractivity contribution in [2.24, 2.45) is 5.73 Å². The fourth-order valence-corrected chi connectivity index (χ4v) is 1.82. The Kier molecular flexibility index (Phi) is 4.36. The molecule has 4 N–H and O–H groups in total. The van der Waals surface area contributed by atoms with Crippen LogP contribution in [0.1, 0.15) is 27.1 Å². The monoisotopic (exact) mass is 228 g/mol. The van der Waals surface area contributed by atoms with Crippen molar-refractivity contribution < 1.29 is 19.7 Å². The molecule has 1 atom stereocenters. The Morgan fingerprint density at radius 3 is 2.27 bits per heavy atom. The van der Waals surface area contributed by atoms with Crippen molar-refractivity contribution in [3.05, 3.63) is 0 Å². The summed E-state index contributed by atoms with van der Waals surface area (Å²) in [7, 11) is 0. The van der Waals surface area contributed by atoms with Crippen LogP contribution in [-0.4, -0.2) is 36.0 Å². The number of alkyl halides is 3. The number of aliphatic hydroxyl groups excluding tert-OH is 1. The predicted octanol–water partition coefficient (Wildman–Crippen LogP) is 1.02. The van der Waals surface area contributed by atoms with Crippen LogP contribution in [0.3, 0.4) is 0 Å². The highest BCUT2D eigenvalue weighted by molar-refractivity contribution is 4.84. The number of nitrogens with one attached hydrogen (secondary N) is 1. The molecule has 0 heterocycles. The van der Waals surface area contributed by atoms with E-state index in [2.05, 4.69) is 5.32 Å². The molecular formula is C9H19F3N2O. The van der Waals surface area contributed by atoms with Gasteiger partial charge < -0.3 is 16.2 Å². The Morgan fingerprint density at radius 1 is 1.33 bits per heavy atom. The second-order valence-electron chi connectivity index (χ2n) is 4.06. The summed E-state index contributed by atoms with van der Waals surface area (Å²) in [5.41, 5.74) is 5.65. The minimum absolute atomic E-state index is 0. The summed E-state index contributed by atoms with van der Waals surface area (Å²) in [6, 6.07) is -1.87. The molecule has 0 spiro atoms. The first-order valence-corrected chi connectivity index (χ1v) is 5.12. The average molecular weight is 228 g/mol. The molecule has 15 heavy (non-hydrogen) atoms. The number of hydrogen-bond acceptors (Lipinski definition) is 3. The molecule has 0 aromatic carbocycles. The van der Waals surface area contributed by atoms with Crippen molar-refractivity contribution in [1.29, 1.82) is 0 Å². The van der Waals surface area contributed by atoms with Gasteiger partial charge in [0, 0.05) is 13.5 Å². The molecule has 0 radical (unpaired) electrons. The van der Waals surface area contributed by atoms with Crippen LogP contribution < -0.4 is 11.1 Å². The van der Waals surface area contributed by atoms with Crippen LogP contribution in [0.25, 0.3) is 0 Å². The Morgan fingerprint density at radius 2 is 1.87 bits per heavy atom. The normalized spacial score (nSPS) is 30.2. The zero-order valence-electron chi connectivity index (χ0n) is 8.43. The van der Waals surface area contributed by atoms with Crippen molar-refractivity contribution in [2.75, 3.05) is 6.61 Å². The summed E-state index contributed by atoms with van der Waals surface area (Å²) in [5.74, 6) is 0. The van der Waals surface area contributed by atoms with E-state index in [0.717, 1.165) is 12.8 Å². The number of halogens is 3. The SMILES string of the molecule is NC1CCC(N[C@H](CO)C(F)(F)F)CC1.[HH]. The number of nitrogens with two attached hydrogens (primary N) is 1. The summed E-state index contributed by atoms with van der Waals surface area (Å²) in [6.45, 7) is -0.911. The molecule has 0 saturated heterocycles. The van der Waals surface area contributed by atoms with Crippen LogP contribution in [0.2, 0.25) is 0 Å². The van der Waals surface area contributed by atoms with Gasteiger partial charge in [-0.1, -0.05) is 0 Å². The van der Waals surface area contributed by atoms with Crippen LogP contribution in [-0.2, 0) is 0 Å². The van der Waals surface area contributed by atoms with Gasteiger partial charge in [-0.15, -0.1) is 0 Å². The highest BCUT2D eigenvalue weighted by Crippen LogP contribution is 2.23. The smallest absolute Gasteiger partial charge is 0.394 e. The molecule has 0 unspecified atom stereocenters. The van der Waals surface area contributed by atoms with Gasteiger partial charge in [-0.3, -0.25) is 0 Å². The molecule has 1 saturated carbocycles. The Labute approximate surface area is 88.3 Å². The first-order chi connectivity index (χ1) is 6.93. The van der Waals surface area contributed by atoms with Crippen molar-refractivity contribution in [3.8, 4) is 0 Å². The predicted molar refractivity (Wildman–Crippen MR) is 52.4 cm³/mol. The second-order valence-corrected chi connectivity index (χ2v) is 4.06. The molecule has 1 fully saturated rings. The lowest BCUT2D eigenvalue weighted by molar-refractivity contribution is -0.166. The summed E-state index contributed by atoms with van der Waals surface area (Å²) in [6.07, 6.45) is -1.60. The van der Waals surface area contributed by atoms with Gasteiger partial charge in [-0.25, -0.2) is 0 Å². The molecule has 0 aromatic rings. The number of hydrogen-bond donors (Lipinski definition) is 3. The summed E-state index contributed by atoms with van der Waals surface area (Å²) >= 11 is 0. The third-order valence-electron chi connectivity index (χ3n) is 2.79. The van der Waals surface area contributed by atoms with Gasteiger partial charge in [0.25, 0.3) is 0 Å². The molecule has 0 aliphatic heterocycles. The molecule has 6 heteroatoms. The molecule has 3 nitrogen and oxygen atoms in total. The lowest BCUT2D eigenvalue weighted by Gasteiger charge is -2.30. The maximum Gasteiger partial charge on any atom is 0.406 e. The first-order valence-electron chi connectivity index (χ1n) is 5.12. The van der Waals surface area contributed by atoms with E-state index in [0.29, 0.717) is 12.8 Å². The van der Waals surface area contributed by atoms with E-state index < -0.39 is 18.8 Å². The standard InChI is InChI=1S/C9H17F3N2O.H2/c10-9(11,12)8(5-15)14-7-3-1-6(13)2-4-7;/h6-8,14-15H,1-5,13H2;1H/t6?,7?,8-;/m1./s1. The minimum Gasteiger partial charge on any atom is -0.394 e. The van der Waals surface area contributed by atoms with E-state index in [1.807, 2.05) is 0 Å². The van der Waals surface area contributed by atoms with Crippen LogP contribution in [0.5, 0.6) is 0 Å². The molecule has 0 amide bonds. The van der Waals surface area contributed by atoms with E-state index in [1.54, 1.807) is 0 Å².